The normalized spacial score (nSPS) is 27.4. The topological polar surface area (TPSA) is 129 Å². The van der Waals surface area contributed by atoms with Gasteiger partial charge in [0, 0.05) is 0 Å². The molecule has 10 nitrogen and oxygen atoms in total. The third kappa shape index (κ3) is 4.28. The van der Waals surface area contributed by atoms with Crippen molar-refractivity contribution >= 4 is 17.9 Å². The summed E-state index contributed by atoms with van der Waals surface area (Å²) in [6.45, 7) is 3.44. The molecule has 4 N–H and O–H groups in total. The van der Waals surface area contributed by atoms with E-state index in [4.69, 9.17) is 0 Å². The predicted octanol–water partition coefficient (Wildman–Crippen LogP) is 2.06. The van der Waals surface area contributed by atoms with E-state index in [1.54, 1.807) is 26.2 Å². The zero-order valence-electron chi connectivity index (χ0n) is 18.6. The molecular weight excluding hydrogens is 454 g/mol. The number of carboxylic acid groups (broad SMARTS) is 1. The monoisotopic (exact) mass is 478 g/mol. The molecule has 4 rings (SSSR count). The minimum absolute atomic E-state index is 0.144. The molecule has 1 aromatic carbocycles. The Kier molecular flexibility index (Phi) is 5.72. The van der Waals surface area contributed by atoms with Gasteiger partial charge in [0.25, 0.3) is 0 Å². The highest BCUT2D eigenvalue weighted by molar-refractivity contribution is 6.07. The molecule has 182 valence electrons. The highest BCUT2D eigenvalue weighted by Crippen LogP contribution is 2.42. The van der Waals surface area contributed by atoms with E-state index >= 15 is 0 Å². The number of alkyl halides is 2. The lowest BCUT2D eigenvalue weighted by molar-refractivity contribution is -0.286. The smallest absolute Gasteiger partial charge is 0.480 e. The van der Waals surface area contributed by atoms with E-state index in [1.165, 1.54) is 18.2 Å². The molecule has 34 heavy (non-hydrogen) atoms. The van der Waals surface area contributed by atoms with Gasteiger partial charge >= 0.3 is 18.3 Å². The number of carbonyl (C=O) groups excluding carboxylic acids is 2. The third-order valence-corrected chi connectivity index (χ3v) is 6.08. The number of hydrogen-bond donors (Lipinski definition) is 4. The van der Waals surface area contributed by atoms with Gasteiger partial charge in [0.1, 0.15) is 5.66 Å². The summed E-state index contributed by atoms with van der Waals surface area (Å²) in [5, 5.41) is 18.4. The summed E-state index contributed by atoms with van der Waals surface area (Å²) in [7, 11) is 1.76. The van der Waals surface area contributed by atoms with E-state index < -0.39 is 47.9 Å². The molecule has 3 aliphatic rings. The summed E-state index contributed by atoms with van der Waals surface area (Å²) in [5.74, 6) is -3.14. The Bertz CT molecular complexity index is 1110. The van der Waals surface area contributed by atoms with E-state index in [9.17, 15) is 28.3 Å². The van der Waals surface area contributed by atoms with Crippen molar-refractivity contribution in [2.45, 2.75) is 44.3 Å². The number of dihydropyridines is 1. The Morgan fingerprint density at radius 1 is 1.29 bits per heavy atom. The van der Waals surface area contributed by atoms with Gasteiger partial charge in [0.05, 0.1) is 12.0 Å². The van der Waals surface area contributed by atoms with Crippen LogP contribution in [0.4, 0.5) is 13.6 Å². The largest absolute Gasteiger partial charge is 0.586 e. The summed E-state index contributed by atoms with van der Waals surface area (Å²) in [6, 6.07) is 1.06. The van der Waals surface area contributed by atoms with E-state index in [-0.39, 0.29) is 17.9 Å². The fraction of sp³-hybridized carbons (Fsp3) is 0.409. The first-order chi connectivity index (χ1) is 15.9. The predicted molar refractivity (Wildman–Crippen MR) is 114 cm³/mol. The molecular formula is C22H24F2N4O6. The third-order valence-electron chi connectivity index (χ3n) is 6.08. The van der Waals surface area contributed by atoms with Crippen LogP contribution in [0.5, 0.6) is 11.5 Å². The number of benzene rings is 1. The van der Waals surface area contributed by atoms with E-state index in [2.05, 4.69) is 25.4 Å². The number of nitrogens with zero attached hydrogens (tertiary/aromatic N) is 1. The number of β-lactam (4-membered cyclic amide) rings is 1. The van der Waals surface area contributed by atoms with E-state index in [1.807, 2.05) is 13.0 Å². The molecule has 1 saturated heterocycles. The lowest BCUT2D eigenvalue weighted by Crippen LogP contribution is -2.68. The zero-order chi connectivity index (χ0) is 24.8. The molecule has 1 aromatic rings. The van der Waals surface area contributed by atoms with Crippen LogP contribution in [0.1, 0.15) is 31.9 Å². The highest BCUT2D eigenvalue weighted by Gasteiger charge is 2.55. The van der Waals surface area contributed by atoms with Crippen LogP contribution in [0.15, 0.2) is 42.1 Å². The number of likely N-dealkylation sites (tertiary alicyclic amines) is 1. The minimum Gasteiger partial charge on any atom is -0.480 e. The number of carboxylic acids is 1. The van der Waals surface area contributed by atoms with Crippen LogP contribution in [0.2, 0.25) is 0 Å². The quantitative estimate of drug-likeness (QED) is 0.458. The highest BCUT2D eigenvalue weighted by atomic mass is 19.3. The number of fused-ring (bicyclic) bond motifs is 1. The SMILES string of the molecule is CN[C@]1(C)C=C(C[C@H]2C(=O)N(C(=O)N[C@H](C)c3ccc4c(c3)OC(F)(F)O4)[C@@H]2C(=O)O)C=CN1. The zero-order valence-corrected chi connectivity index (χ0v) is 18.6. The van der Waals surface area contributed by atoms with Crippen LogP contribution in [0.3, 0.4) is 0 Å². The fourth-order valence-electron chi connectivity index (χ4n) is 4.14. The molecule has 12 heteroatoms. The van der Waals surface area contributed by atoms with Crippen LogP contribution in [-0.2, 0) is 9.59 Å². The van der Waals surface area contributed by atoms with Gasteiger partial charge in [-0.3, -0.25) is 10.1 Å². The number of allylic oxidation sites excluding steroid dienone is 2. The average molecular weight is 478 g/mol. The molecule has 4 atom stereocenters. The first-order valence-electron chi connectivity index (χ1n) is 10.5. The number of rotatable bonds is 6. The molecule has 3 heterocycles. The summed E-state index contributed by atoms with van der Waals surface area (Å²) in [4.78, 5) is 38.1. The lowest BCUT2D eigenvalue weighted by Gasteiger charge is -2.43. The van der Waals surface area contributed by atoms with Gasteiger partial charge in [-0.15, -0.1) is 8.78 Å². The standard InChI is InChI=1S/C22H24F2N4O6/c1-11(13-4-5-15-16(9-13)34-22(23,24)33-15)27-20(32)28-17(19(30)31)14(18(28)29)8-12-6-7-26-21(2,10-12)25-3/h4-7,9-11,14,17,25-26H,8H2,1-3H3,(H,27,32)(H,30,31)/t11-,14-,17+,21+/m1/s1. The lowest BCUT2D eigenvalue weighted by atomic mass is 9.81. The number of aliphatic carboxylic acids is 1. The number of likely N-dealkylation sites (N-methyl/N-ethyl adjacent to an activating group) is 1. The summed E-state index contributed by atoms with van der Waals surface area (Å²) in [6.07, 6.45) is 1.69. The Hall–Kier alpha value is -3.67. The van der Waals surface area contributed by atoms with Crippen molar-refractivity contribution < 1.29 is 37.7 Å². The molecule has 1 fully saturated rings. The number of halogens is 2. The Labute approximate surface area is 193 Å². The number of imide groups is 1. The van der Waals surface area contributed by atoms with Gasteiger partial charge in [0.2, 0.25) is 5.91 Å². The Balaban J connectivity index is 1.44. The first kappa shape index (κ1) is 23.5. The first-order valence-corrected chi connectivity index (χ1v) is 10.5. The Morgan fingerprint density at radius 3 is 2.68 bits per heavy atom. The number of nitrogens with one attached hydrogen (secondary N) is 3. The van der Waals surface area contributed by atoms with Gasteiger partial charge in [-0.05, 0) is 68.9 Å². The van der Waals surface area contributed by atoms with Crippen molar-refractivity contribution in [1.29, 1.82) is 0 Å². The van der Waals surface area contributed by atoms with Crippen LogP contribution in [0.25, 0.3) is 0 Å². The molecule has 0 unspecified atom stereocenters. The van der Waals surface area contributed by atoms with Crippen molar-refractivity contribution in [3.05, 3.63) is 47.7 Å². The second-order valence-corrected chi connectivity index (χ2v) is 8.50. The maximum Gasteiger partial charge on any atom is 0.586 e. The molecule has 0 bridgehead atoms. The molecule has 3 amide bonds. The summed E-state index contributed by atoms with van der Waals surface area (Å²) < 4.78 is 35.2. The summed E-state index contributed by atoms with van der Waals surface area (Å²) >= 11 is 0. The van der Waals surface area contributed by atoms with Crippen molar-refractivity contribution in [3.8, 4) is 11.5 Å². The van der Waals surface area contributed by atoms with Crippen molar-refractivity contribution in [2.24, 2.45) is 5.92 Å². The van der Waals surface area contributed by atoms with Crippen LogP contribution >= 0.6 is 0 Å². The molecule has 3 aliphatic heterocycles. The van der Waals surface area contributed by atoms with Crippen LogP contribution < -0.4 is 25.4 Å². The van der Waals surface area contributed by atoms with E-state index in [0.29, 0.717) is 10.5 Å². The number of carbonyl (C=O) groups is 3. The molecule has 0 aromatic heterocycles. The van der Waals surface area contributed by atoms with Gasteiger partial charge in [-0.1, -0.05) is 6.07 Å². The summed E-state index contributed by atoms with van der Waals surface area (Å²) in [5.41, 5.74) is 0.614. The van der Waals surface area contributed by atoms with Gasteiger partial charge < -0.3 is 25.2 Å². The van der Waals surface area contributed by atoms with Crippen LogP contribution in [0, 0.1) is 5.92 Å². The van der Waals surface area contributed by atoms with Crippen molar-refractivity contribution in [2.75, 3.05) is 7.05 Å². The van der Waals surface area contributed by atoms with Gasteiger partial charge in [-0.25, -0.2) is 14.5 Å². The number of urea groups is 1. The second-order valence-electron chi connectivity index (χ2n) is 8.50. The van der Waals surface area contributed by atoms with Crippen molar-refractivity contribution in [1.82, 2.24) is 20.9 Å². The molecule has 0 aliphatic carbocycles. The maximum atomic E-state index is 13.2. The minimum atomic E-state index is -3.77. The van der Waals surface area contributed by atoms with Gasteiger partial charge in [-0.2, -0.15) is 0 Å². The molecule has 0 radical (unpaired) electrons. The second kappa shape index (κ2) is 8.28. The Morgan fingerprint density at radius 2 is 2.00 bits per heavy atom. The number of amides is 3. The fourth-order valence-corrected chi connectivity index (χ4v) is 4.14. The molecule has 0 spiro atoms. The van der Waals surface area contributed by atoms with Crippen LogP contribution in [-0.4, -0.2) is 53.0 Å². The van der Waals surface area contributed by atoms with Crippen molar-refractivity contribution in [3.63, 3.8) is 0 Å². The molecule has 0 saturated carbocycles. The van der Waals surface area contributed by atoms with Gasteiger partial charge in [0.15, 0.2) is 17.5 Å². The maximum absolute atomic E-state index is 13.2. The average Bonchev–Trinajstić information content (AvgIpc) is 3.08. The number of hydrogen-bond acceptors (Lipinski definition) is 7. The van der Waals surface area contributed by atoms with E-state index in [0.717, 1.165) is 5.57 Å². The number of ether oxygens (including phenoxy) is 2.